The number of thioether (sulfide) groups is 1. The highest BCUT2D eigenvalue weighted by atomic mass is 79.9. The smallest absolute Gasteiger partial charge is 0.257 e. The standard InChI is InChI=1S/C10H12BrN3OS2/c1-6(4-12)16-5-9-13-14-10(15-9)7-2-3-8(11)17-7/h2-3,6H,4-5,12H2,1H3. The lowest BCUT2D eigenvalue weighted by atomic mass is 10.5. The molecule has 0 amide bonds. The van der Waals surface area contributed by atoms with Crippen molar-refractivity contribution in [1.82, 2.24) is 10.2 Å². The van der Waals surface area contributed by atoms with Crippen LogP contribution in [0.4, 0.5) is 0 Å². The molecule has 7 heteroatoms. The molecule has 1 atom stereocenters. The van der Waals surface area contributed by atoms with Crippen LogP contribution >= 0.6 is 39.0 Å². The molecule has 17 heavy (non-hydrogen) atoms. The lowest BCUT2D eigenvalue weighted by Gasteiger charge is -2.04. The van der Waals surface area contributed by atoms with Crippen molar-refractivity contribution in [3.8, 4) is 10.8 Å². The van der Waals surface area contributed by atoms with Crippen LogP contribution in [0.2, 0.25) is 0 Å². The van der Waals surface area contributed by atoms with Gasteiger partial charge in [-0.1, -0.05) is 6.92 Å². The highest BCUT2D eigenvalue weighted by Crippen LogP contribution is 2.30. The van der Waals surface area contributed by atoms with E-state index < -0.39 is 0 Å². The molecule has 0 saturated carbocycles. The van der Waals surface area contributed by atoms with E-state index in [9.17, 15) is 0 Å². The van der Waals surface area contributed by atoms with Gasteiger partial charge in [0, 0.05) is 11.8 Å². The van der Waals surface area contributed by atoms with E-state index in [1.54, 1.807) is 23.1 Å². The van der Waals surface area contributed by atoms with Gasteiger partial charge < -0.3 is 10.2 Å². The second kappa shape index (κ2) is 5.99. The zero-order valence-electron chi connectivity index (χ0n) is 9.22. The summed E-state index contributed by atoms with van der Waals surface area (Å²) >= 11 is 6.70. The summed E-state index contributed by atoms with van der Waals surface area (Å²) in [4.78, 5) is 0.979. The first-order valence-corrected chi connectivity index (χ1v) is 7.74. The second-order valence-electron chi connectivity index (χ2n) is 3.46. The van der Waals surface area contributed by atoms with Crippen molar-refractivity contribution in [2.24, 2.45) is 5.73 Å². The Hall–Kier alpha value is -0.370. The summed E-state index contributed by atoms with van der Waals surface area (Å²) in [6, 6.07) is 3.93. The van der Waals surface area contributed by atoms with Crippen LogP contribution in [-0.4, -0.2) is 22.0 Å². The Balaban J connectivity index is 2.01. The van der Waals surface area contributed by atoms with Gasteiger partial charge in [-0.15, -0.1) is 33.3 Å². The fraction of sp³-hybridized carbons (Fsp3) is 0.400. The van der Waals surface area contributed by atoms with E-state index in [1.807, 2.05) is 12.1 Å². The molecule has 0 radical (unpaired) electrons. The summed E-state index contributed by atoms with van der Waals surface area (Å²) in [6.07, 6.45) is 0. The number of hydrogen-bond acceptors (Lipinski definition) is 6. The van der Waals surface area contributed by atoms with Crippen LogP contribution in [0.3, 0.4) is 0 Å². The number of nitrogens with two attached hydrogens (primary N) is 1. The summed E-state index contributed by atoms with van der Waals surface area (Å²) in [7, 11) is 0. The van der Waals surface area contributed by atoms with Crippen LogP contribution in [0.15, 0.2) is 20.3 Å². The Morgan fingerprint density at radius 2 is 2.35 bits per heavy atom. The molecule has 2 rings (SSSR count). The number of hydrogen-bond donors (Lipinski definition) is 1. The van der Waals surface area contributed by atoms with Crippen LogP contribution in [0.25, 0.3) is 10.8 Å². The topological polar surface area (TPSA) is 64.9 Å². The molecule has 2 heterocycles. The maximum absolute atomic E-state index is 5.58. The van der Waals surface area contributed by atoms with E-state index in [0.717, 1.165) is 8.66 Å². The monoisotopic (exact) mass is 333 g/mol. The minimum Gasteiger partial charge on any atom is -0.419 e. The van der Waals surface area contributed by atoms with Gasteiger partial charge in [0.05, 0.1) is 14.4 Å². The van der Waals surface area contributed by atoms with Crippen molar-refractivity contribution in [1.29, 1.82) is 0 Å². The molecule has 2 aromatic heterocycles. The summed E-state index contributed by atoms with van der Waals surface area (Å²) in [5.74, 6) is 1.93. The Labute approximate surface area is 116 Å². The fourth-order valence-corrected chi connectivity index (χ4v) is 3.11. The van der Waals surface area contributed by atoms with Crippen molar-refractivity contribution in [3.63, 3.8) is 0 Å². The molecule has 4 nitrogen and oxygen atoms in total. The number of rotatable bonds is 5. The molecule has 2 aromatic rings. The molecule has 0 aliphatic heterocycles. The summed E-state index contributed by atoms with van der Waals surface area (Å²) < 4.78 is 6.64. The van der Waals surface area contributed by atoms with E-state index >= 15 is 0 Å². The Morgan fingerprint density at radius 3 is 3.00 bits per heavy atom. The molecule has 2 N–H and O–H groups in total. The van der Waals surface area contributed by atoms with Gasteiger partial charge in [-0.25, -0.2) is 0 Å². The minimum atomic E-state index is 0.404. The fourth-order valence-electron chi connectivity index (χ4n) is 1.12. The highest BCUT2D eigenvalue weighted by Gasteiger charge is 2.11. The molecule has 0 aromatic carbocycles. The quantitative estimate of drug-likeness (QED) is 0.910. The summed E-state index contributed by atoms with van der Waals surface area (Å²) in [5, 5.41) is 8.46. The maximum Gasteiger partial charge on any atom is 0.257 e. The van der Waals surface area contributed by atoms with Crippen molar-refractivity contribution in [3.05, 3.63) is 21.8 Å². The summed E-state index contributed by atoms with van der Waals surface area (Å²) in [6.45, 7) is 2.74. The SMILES string of the molecule is CC(CN)SCc1nnc(-c2ccc(Br)s2)o1. The molecule has 0 spiro atoms. The van der Waals surface area contributed by atoms with Gasteiger partial charge in [0.25, 0.3) is 5.89 Å². The first kappa shape index (κ1) is 13.1. The van der Waals surface area contributed by atoms with Crippen LogP contribution < -0.4 is 5.73 Å². The van der Waals surface area contributed by atoms with Crippen molar-refractivity contribution in [2.75, 3.05) is 6.54 Å². The predicted octanol–water partition coefficient (Wildman–Crippen LogP) is 3.14. The van der Waals surface area contributed by atoms with Crippen molar-refractivity contribution in [2.45, 2.75) is 17.9 Å². The minimum absolute atomic E-state index is 0.404. The van der Waals surface area contributed by atoms with Gasteiger partial charge in [-0.05, 0) is 28.1 Å². The van der Waals surface area contributed by atoms with E-state index in [-0.39, 0.29) is 0 Å². The van der Waals surface area contributed by atoms with Gasteiger partial charge in [0.2, 0.25) is 5.89 Å². The molecular formula is C10H12BrN3OS2. The van der Waals surface area contributed by atoms with E-state index in [0.29, 0.717) is 29.3 Å². The van der Waals surface area contributed by atoms with Gasteiger partial charge in [0.15, 0.2) is 0 Å². The zero-order chi connectivity index (χ0) is 12.3. The van der Waals surface area contributed by atoms with Crippen molar-refractivity contribution < 1.29 is 4.42 Å². The molecule has 0 aliphatic rings. The molecule has 0 aliphatic carbocycles. The number of thiophene rings is 1. The molecule has 0 bridgehead atoms. The molecule has 92 valence electrons. The lowest BCUT2D eigenvalue weighted by Crippen LogP contribution is -2.12. The highest BCUT2D eigenvalue weighted by molar-refractivity contribution is 9.11. The molecule has 0 fully saturated rings. The Bertz CT molecular complexity index is 485. The van der Waals surface area contributed by atoms with Crippen LogP contribution in [0.5, 0.6) is 0 Å². The molecule has 0 saturated heterocycles. The van der Waals surface area contributed by atoms with Crippen molar-refractivity contribution >= 4 is 39.0 Å². The lowest BCUT2D eigenvalue weighted by molar-refractivity contribution is 0.529. The van der Waals surface area contributed by atoms with Gasteiger partial charge in [-0.2, -0.15) is 0 Å². The Kier molecular flexibility index (Phi) is 4.61. The largest absolute Gasteiger partial charge is 0.419 e. The zero-order valence-corrected chi connectivity index (χ0v) is 12.4. The average molecular weight is 334 g/mol. The van der Waals surface area contributed by atoms with E-state index in [1.165, 1.54) is 0 Å². The number of halogens is 1. The molecular weight excluding hydrogens is 322 g/mol. The van der Waals surface area contributed by atoms with Gasteiger partial charge >= 0.3 is 0 Å². The van der Waals surface area contributed by atoms with Crippen LogP contribution in [-0.2, 0) is 5.75 Å². The number of aromatic nitrogens is 2. The first-order chi connectivity index (χ1) is 8.19. The Morgan fingerprint density at radius 1 is 1.53 bits per heavy atom. The predicted molar refractivity (Wildman–Crippen MR) is 75.1 cm³/mol. The summed E-state index contributed by atoms with van der Waals surface area (Å²) in [5.41, 5.74) is 5.54. The van der Waals surface area contributed by atoms with Crippen LogP contribution in [0.1, 0.15) is 12.8 Å². The van der Waals surface area contributed by atoms with E-state index in [4.69, 9.17) is 10.2 Å². The molecule has 1 unspecified atom stereocenters. The second-order valence-corrected chi connectivity index (χ2v) is 7.35. The third-order valence-electron chi connectivity index (χ3n) is 2.07. The normalized spacial score (nSPS) is 12.9. The third-order valence-corrected chi connectivity index (χ3v) is 4.86. The van der Waals surface area contributed by atoms with E-state index in [2.05, 4.69) is 33.1 Å². The average Bonchev–Trinajstić information content (AvgIpc) is 2.94. The van der Waals surface area contributed by atoms with Crippen LogP contribution in [0, 0.1) is 0 Å². The maximum atomic E-state index is 5.58. The number of nitrogens with zero attached hydrogens (tertiary/aromatic N) is 2. The first-order valence-electron chi connectivity index (χ1n) is 5.09. The third kappa shape index (κ3) is 3.54. The van der Waals surface area contributed by atoms with Gasteiger partial charge in [0.1, 0.15) is 0 Å². The van der Waals surface area contributed by atoms with Gasteiger partial charge in [-0.3, -0.25) is 0 Å².